The molecule has 0 aliphatic carbocycles. The van der Waals surface area contributed by atoms with Gasteiger partial charge in [0, 0.05) is 42.3 Å². The van der Waals surface area contributed by atoms with Gasteiger partial charge in [-0.05, 0) is 18.2 Å². The Balaban J connectivity index is 2.04. The van der Waals surface area contributed by atoms with Crippen LogP contribution < -0.4 is 0 Å². The molecule has 100 valence electrons. The van der Waals surface area contributed by atoms with Crippen LogP contribution in [-0.2, 0) is 11.8 Å². The Morgan fingerprint density at radius 1 is 1.32 bits per heavy atom. The molecule has 0 saturated carbocycles. The zero-order chi connectivity index (χ0) is 13.4. The van der Waals surface area contributed by atoms with Crippen LogP contribution >= 0.6 is 11.6 Å². The Morgan fingerprint density at radius 3 is 2.79 bits per heavy atom. The van der Waals surface area contributed by atoms with Gasteiger partial charge in [0.25, 0.3) is 5.91 Å². The zero-order valence-electron chi connectivity index (χ0n) is 10.7. The topological polar surface area (TPSA) is 34.5 Å². The van der Waals surface area contributed by atoms with Gasteiger partial charge in [0.05, 0.1) is 18.8 Å². The van der Waals surface area contributed by atoms with Gasteiger partial charge in [-0.25, -0.2) is 0 Å². The first-order chi connectivity index (χ1) is 9.16. The molecule has 5 heteroatoms. The van der Waals surface area contributed by atoms with Crippen LogP contribution in [0.15, 0.2) is 24.4 Å². The van der Waals surface area contributed by atoms with Crippen LogP contribution in [0.5, 0.6) is 0 Å². The number of halogens is 1. The van der Waals surface area contributed by atoms with Crippen LogP contribution in [-0.4, -0.2) is 41.7 Å². The second-order valence-corrected chi connectivity index (χ2v) is 5.16. The van der Waals surface area contributed by atoms with Crippen molar-refractivity contribution in [3.8, 4) is 0 Å². The van der Waals surface area contributed by atoms with Gasteiger partial charge >= 0.3 is 0 Å². The Labute approximate surface area is 116 Å². The minimum atomic E-state index is 0.0520. The molecule has 3 rings (SSSR count). The highest BCUT2D eigenvalue weighted by molar-refractivity contribution is 6.31. The largest absolute Gasteiger partial charge is 0.378 e. The number of aryl methyl sites for hydroxylation is 1. The number of carbonyl (C=O) groups is 1. The van der Waals surface area contributed by atoms with Gasteiger partial charge in [0.1, 0.15) is 0 Å². The molecule has 1 aliphatic rings. The summed E-state index contributed by atoms with van der Waals surface area (Å²) in [6.45, 7) is 2.51. The van der Waals surface area contributed by atoms with E-state index < -0.39 is 0 Å². The monoisotopic (exact) mass is 278 g/mol. The summed E-state index contributed by atoms with van der Waals surface area (Å²) >= 11 is 6.04. The quantitative estimate of drug-likeness (QED) is 0.802. The molecule has 4 nitrogen and oxygen atoms in total. The van der Waals surface area contributed by atoms with Gasteiger partial charge in [0.15, 0.2) is 0 Å². The molecule has 0 radical (unpaired) electrons. The van der Waals surface area contributed by atoms with Crippen molar-refractivity contribution in [2.75, 3.05) is 26.3 Å². The van der Waals surface area contributed by atoms with Crippen LogP contribution in [0.4, 0.5) is 0 Å². The van der Waals surface area contributed by atoms with Gasteiger partial charge in [-0.2, -0.15) is 0 Å². The van der Waals surface area contributed by atoms with Crippen molar-refractivity contribution in [2.45, 2.75) is 0 Å². The normalized spacial score (nSPS) is 16.0. The minimum absolute atomic E-state index is 0.0520. The summed E-state index contributed by atoms with van der Waals surface area (Å²) in [7, 11) is 1.94. The number of hydrogen-bond donors (Lipinski definition) is 0. The molecule has 1 aromatic carbocycles. The summed E-state index contributed by atoms with van der Waals surface area (Å²) < 4.78 is 7.24. The molecule has 19 heavy (non-hydrogen) atoms. The number of amides is 1. The van der Waals surface area contributed by atoms with Crippen molar-refractivity contribution >= 4 is 28.4 Å². The van der Waals surface area contributed by atoms with E-state index in [4.69, 9.17) is 16.3 Å². The van der Waals surface area contributed by atoms with E-state index >= 15 is 0 Å². The highest BCUT2D eigenvalue weighted by Gasteiger charge is 2.22. The lowest BCUT2D eigenvalue weighted by atomic mass is 10.1. The second-order valence-electron chi connectivity index (χ2n) is 4.72. The first kappa shape index (κ1) is 12.5. The van der Waals surface area contributed by atoms with E-state index in [-0.39, 0.29) is 5.91 Å². The lowest BCUT2D eigenvalue weighted by molar-refractivity contribution is 0.0304. The maximum atomic E-state index is 12.6. The summed E-state index contributed by atoms with van der Waals surface area (Å²) in [5.41, 5.74) is 1.72. The standard InChI is InChI=1S/C14H15ClN2O2/c1-16-9-12(11-8-10(15)2-3-13(11)16)14(18)17-4-6-19-7-5-17/h2-3,8-9H,4-7H2,1H3. The lowest BCUT2D eigenvalue weighted by Crippen LogP contribution is -2.40. The van der Waals surface area contributed by atoms with Gasteiger partial charge in [-0.15, -0.1) is 0 Å². The van der Waals surface area contributed by atoms with E-state index in [1.165, 1.54) is 0 Å². The third-order valence-electron chi connectivity index (χ3n) is 3.48. The van der Waals surface area contributed by atoms with Crippen molar-refractivity contribution in [2.24, 2.45) is 7.05 Å². The number of morpholine rings is 1. The number of aromatic nitrogens is 1. The number of nitrogens with zero attached hydrogens (tertiary/aromatic N) is 2. The molecule has 0 atom stereocenters. The average Bonchev–Trinajstić information content (AvgIpc) is 2.75. The number of hydrogen-bond acceptors (Lipinski definition) is 2. The predicted molar refractivity (Wildman–Crippen MR) is 74.7 cm³/mol. The smallest absolute Gasteiger partial charge is 0.256 e. The average molecular weight is 279 g/mol. The Kier molecular flexibility index (Phi) is 3.21. The molecule has 1 saturated heterocycles. The van der Waals surface area contributed by atoms with Gasteiger partial charge in [-0.3, -0.25) is 4.79 Å². The molecule has 1 aromatic heterocycles. The lowest BCUT2D eigenvalue weighted by Gasteiger charge is -2.26. The minimum Gasteiger partial charge on any atom is -0.378 e. The van der Waals surface area contributed by atoms with Crippen molar-refractivity contribution in [3.05, 3.63) is 35.0 Å². The van der Waals surface area contributed by atoms with Crippen LogP contribution in [0.1, 0.15) is 10.4 Å². The maximum absolute atomic E-state index is 12.6. The van der Waals surface area contributed by atoms with Crippen LogP contribution in [0, 0.1) is 0 Å². The van der Waals surface area contributed by atoms with E-state index in [9.17, 15) is 4.79 Å². The molecule has 2 heterocycles. The fourth-order valence-electron chi connectivity index (χ4n) is 2.47. The van der Waals surface area contributed by atoms with Gasteiger partial charge in [0.2, 0.25) is 0 Å². The number of carbonyl (C=O) groups excluding carboxylic acids is 1. The summed E-state index contributed by atoms with van der Waals surface area (Å²) in [4.78, 5) is 14.4. The second kappa shape index (κ2) is 4.87. The summed E-state index contributed by atoms with van der Waals surface area (Å²) in [6.07, 6.45) is 1.87. The third-order valence-corrected chi connectivity index (χ3v) is 3.72. The maximum Gasteiger partial charge on any atom is 0.256 e. The third kappa shape index (κ3) is 2.22. The van der Waals surface area contributed by atoms with Crippen molar-refractivity contribution in [1.29, 1.82) is 0 Å². The SMILES string of the molecule is Cn1cc(C(=O)N2CCOCC2)c2cc(Cl)ccc21. The predicted octanol–water partition coefficient (Wildman–Crippen LogP) is 2.30. The van der Waals surface area contributed by atoms with E-state index in [2.05, 4.69) is 0 Å². The van der Waals surface area contributed by atoms with E-state index in [1.807, 2.05) is 40.9 Å². The molecule has 1 aliphatic heterocycles. The number of benzene rings is 1. The molecular weight excluding hydrogens is 264 g/mol. The Hall–Kier alpha value is -1.52. The summed E-state index contributed by atoms with van der Waals surface area (Å²) in [6, 6.07) is 5.63. The van der Waals surface area contributed by atoms with E-state index in [0.717, 1.165) is 10.9 Å². The van der Waals surface area contributed by atoms with Crippen LogP contribution in [0.2, 0.25) is 5.02 Å². The highest BCUT2D eigenvalue weighted by atomic mass is 35.5. The van der Waals surface area contributed by atoms with Crippen LogP contribution in [0.25, 0.3) is 10.9 Å². The van der Waals surface area contributed by atoms with E-state index in [1.54, 1.807) is 0 Å². The van der Waals surface area contributed by atoms with Gasteiger partial charge < -0.3 is 14.2 Å². The fourth-order valence-corrected chi connectivity index (χ4v) is 2.64. The molecule has 0 spiro atoms. The molecule has 0 unspecified atom stereocenters. The van der Waals surface area contributed by atoms with Crippen molar-refractivity contribution < 1.29 is 9.53 Å². The summed E-state index contributed by atoms with van der Waals surface area (Å²) in [5.74, 6) is 0.0520. The Morgan fingerprint density at radius 2 is 2.05 bits per heavy atom. The van der Waals surface area contributed by atoms with Crippen LogP contribution in [0.3, 0.4) is 0 Å². The molecule has 2 aromatic rings. The molecule has 1 fully saturated rings. The highest BCUT2D eigenvalue weighted by Crippen LogP contribution is 2.25. The first-order valence-corrected chi connectivity index (χ1v) is 6.66. The summed E-state index contributed by atoms with van der Waals surface area (Å²) in [5, 5.41) is 1.56. The van der Waals surface area contributed by atoms with Crippen molar-refractivity contribution in [3.63, 3.8) is 0 Å². The Bertz CT molecular complexity index is 630. The molecule has 0 bridgehead atoms. The van der Waals surface area contributed by atoms with Gasteiger partial charge in [-0.1, -0.05) is 11.6 Å². The zero-order valence-corrected chi connectivity index (χ0v) is 11.5. The number of fused-ring (bicyclic) bond motifs is 1. The molecule has 0 N–H and O–H groups in total. The first-order valence-electron chi connectivity index (χ1n) is 6.28. The fraction of sp³-hybridized carbons (Fsp3) is 0.357. The van der Waals surface area contributed by atoms with Crippen molar-refractivity contribution in [1.82, 2.24) is 9.47 Å². The number of ether oxygens (including phenoxy) is 1. The molecule has 1 amide bonds. The van der Waals surface area contributed by atoms with E-state index in [0.29, 0.717) is 36.9 Å². The molecular formula is C14H15ClN2O2. The number of rotatable bonds is 1.